The van der Waals surface area contributed by atoms with Crippen LogP contribution in [0.25, 0.3) is 0 Å². The molecule has 0 amide bonds. The second kappa shape index (κ2) is 21.1. The van der Waals surface area contributed by atoms with Crippen molar-refractivity contribution in [1.29, 1.82) is 0 Å². The van der Waals surface area contributed by atoms with Gasteiger partial charge in [0.05, 0.1) is 24.6 Å². The van der Waals surface area contributed by atoms with Crippen LogP contribution in [0.4, 0.5) is 0 Å². The van der Waals surface area contributed by atoms with Crippen molar-refractivity contribution >= 4 is 7.26 Å². The molecule has 27 heavy (non-hydrogen) atoms. The number of hydrogen-bond acceptors (Lipinski definition) is 0. The molecule has 0 fully saturated rings. The Hall–Kier alpha value is 0.430. The lowest BCUT2D eigenvalue weighted by molar-refractivity contribution is 0.598. The Bertz CT molecular complexity index is 245. The van der Waals surface area contributed by atoms with Crippen LogP contribution in [-0.2, 0) is 0 Å². The van der Waals surface area contributed by atoms with Gasteiger partial charge in [-0.15, -0.1) is 0 Å². The fraction of sp³-hybridized carbons (Fsp3) is 1.00. The van der Waals surface area contributed by atoms with Crippen molar-refractivity contribution < 1.29 is 0 Å². The third-order valence-corrected chi connectivity index (χ3v) is 11.5. The van der Waals surface area contributed by atoms with Gasteiger partial charge < -0.3 is 0 Å². The lowest BCUT2D eigenvalue weighted by Gasteiger charge is -2.28. The zero-order valence-corrected chi connectivity index (χ0v) is 20.9. The van der Waals surface area contributed by atoms with Gasteiger partial charge in [0.2, 0.25) is 0 Å². The Morgan fingerprint density at radius 3 is 0.889 bits per heavy atom. The molecule has 0 saturated heterocycles. The Morgan fingerprint density at radius 2 is 0.556 bits per heavy atom. The van der Waals surface area contributed by atoms with Gasteiger partial charge in [-0.1, -0.05) is 105 Å². The summed E-state index contributed by atoms with van der Waals surface area (Å²) in [5.74, 6) is 0. The van der Waals surface area contributed by atoms with E-state index in [2.05, 4.69) is 27.7 Å². The molecule has 0 spiro atoms. The zero-order chi connectivity index (χ0) is 20.1. The quantitative estimate of drug-likeness (QED) is 0.125. The Balaban J connectivity index is 4.30. The summed E-state index contributed by atoms with van der Waals surface area (Å²) in [5, 5.41) is 0. The highest BCUT2D eigenvalue weighted by molar-refractivity contribution is 7.75. The van der Waals surface area contributed by atoms with Crippen molar-refractivity contribution in [3.8, 4) is 0 Å². The van der Waals surface area contributed by atoms with E-state index in [1.54, 1.807) is 37.5 Å². The summed E-state index contributed by atoms with van der Waals surface area (Å²) >= 11 is 0. The van der Waals surface area contributed by atoms with Gasteiger partial charge in [-0.3, -0.25) is 0 Å². The van der Waals surface area contributed by atoms with E-state index in [0.717, 1.165) is 0 Å². The molecule has 0 atom stereocenters. The minimum absolute atomic E-state index is 0.652. The molecule has 0 aromatic heterocycles. The van der Waals surface area contributed by atoms with Crippen molar-refractivity contribution in [1.82, 2.24) is 0 Å². The summed E-state index contributed by atoms with van der Waals surface area (Å²) in [6.45, 7) is 9.44. The molecule has 0 aromatic carbocycles. The van der Waals surface area contributed by atoms with Crippen LogP contribution in [0, 0.1) is 0 Å². The van der Waals surface area contributed by atoms with Crippen molar-refractivity contribution in [2.24, 2.45) is 0 Å². The van der Waals surface area contributed by atoms with Gasteiger partial charge in [-0.2, -0.15) is 0 Å². The van der Waals surface area contributed by atoms with Gasteiger partial charge in [0, 0.05) is 7.26 Å². The van der Waals surface area contributed by atoms with Gasteiger partial charge in [0.25, 0.3) is 0 Å². The SMILES string of the molecule is CCCCCCCCC[P+](CCCC)(CCCC)CCCCCCCCC. The van der Waals surface area contributed by atoms with Crippen LogP contribution in [0.3, 0.4) is 0 Å². The molecule has 0 aliphatic rings. The van der Waals surface area contributed by atoms with Crippen molar-refractivity contribution in [2.75, 3.05) is 24.6 Å². The van der Waals surface area contributed by atoms with E-state index < -0.39 is 7.26 Å². The number of rotatable bonds is 22. The van der Waals surface area contributed by atoms with Gasteiger partial charge >= 0.3 is 0 Å². The van der Waals surface area contributed by atoms with E-state index in [9.17, 15) is 0 Å². The first kappa shape index (κ1) is 27.4. The summed E-state index contributed by atoms with van der Waals surface area (Å²) in [5.41, 5.74) is 0. The van der Waals surface area contributed by atoms with E-state index in [-0.39, 0.29) is 0 Å². The minimum Gasteiger partial charge on any atom is -0.0654 e. The molecule has 0 N–H and O–H groups in total. The lowest BCUT2D eigenvalue weighted by Crippen LogP contribution is -2.13. The van der Waals surface area contributed by atoms with Crippen molar-refractivity contribution in [2.45, 2.75) is 143 Å². The molecule has 0 aliphatic heterocycles. The Kier molecular flexibility index (Phi) is 21.5. The van der Waals surface area contributed by atoms with Crippen LogP contribution >= 0.6 is 7.26 Å². The second-order valence-electron chi connectivity index (χ2n) is 9.19. The molecule has 0 heterocycles. The first-order chi connectivity index (χ1) is 13.2. The molecule has 0 saturated carbocycles. The predicted octanol–water partition coefficient (Wildman–Crippen LogP) is 10.1. The van der Waals surface area contributed by atoms with Gasteiger partial charge in [-0.25, -0.2) is 0 Å². The smallest absolute Gasteiger partial charge is 0.0594 e. The molecular weight excluding hydrogens is 343 g/mol. The van der Waals surface area contributed by atoms with Crippen LogP contribution in [0.2, 0.25) is 0 Å². The van der Waals surface area contributed by atoms with Crippen LogP contribution in [-0.4, -0.2) is 24.6 Å². The molecule has 0 unspecified atom stereocenters. The highest BCUT2D eigenvalue weighted by Crippen LogP contribution is 2.61. The summed E-state index contributed by atoms with van der Waals surface area (Å²) in [6.07, 6.45) is 33.0. The highest BCUT2D eigenvalue weighted by Gasteiger charge is 2.34. The number of hydrogen-bond donors (Lipinski definition) is 0. The average Bonchev–Trinajstić information content (AvgIpc) is 2.69. The molecule has 0 aromatic rings. The highest BCUT2D eigenvalue weighted by atomic mass is 31.2. The maximum Gasteiger partial charge on any atom is 0.0594 e. The maximum absolute atomic E-state index is 2.40. The molecule has 0 rings (SSSR count). The van der Waals surface area contributed by atoms with Crippen LogP contribution in [0.5, 0.6) is 0 Å². The monoisotopic (exact) mass is 399 g/mol. The first-order valence-electron chi connectivity index (χ1n) is 13.1. The molecule has 164 valence electrons. The summed E-state index contributed by atoms with van der Waals surface area (Å²) < 4.78 is 0. The maximum atomic E-state index is 2.40. The fourth-order valence-corrected chi connectivity index (χ4v) is 9.57. The van der Waals surface area contributed by atoms with Gasteiger partial charge in [0.15, 0.2) is 0 Å². The molecule has 0 nitrogen and oxygen atoms in total. The van der Waals surface area contributed by atoms with Gasteiger partial charge in [-0.05, 0) is 38.5 Å². The fourth-order valence-electron chi connectivity index (χ4n) is 4.47. The van der Waals surface area contributed by atoms with E-state index in [0.29, 0.717) is 0 Å². The summed E-state index contributed by atoms with van der Waals surface area (Å²) in [6, 6.07) is 0. The topological polar surface area (TPSA) is 0 Å². The van der Waals surface area contributed by atoms with Crippen LogP contribution < -0.4 is 0 Å². The van der Waals surface area contributed by atoms with Crippen molar-refractivity contribution in [3.63, 3.8) is 0 Å². The third-order valence-electron chi connectivity index (χ3n) is 6.44. The van der Waals surface area contributed by atoms with Crippen LogP contribution in [0.15, 0.2) is 0 Å². The van der Waals surface area contributed by atoms with E-state index in [1.807, 2.05) is 0 Å². The van der Waals surface area contributed by atoms with Crippen molar-refractivity contribution in [3.05, 3.63) is 0 Å². The lowest BCUT2D eigenvalue weighted by atomic mass is 10.1. The Labute approximate surface area is 175 Å². The number of unbranched alkanes of at least 4 members (excludes halogenated alkanes) is 14. The summed E-state index contributed by atoms with van der Waals surface area (Å²) in [7, 11) is -0.652. The normalized spacial score (nSPS) is 12.0. The van der Waals surface area contributed by atoms with E-state index in [4.69, 9.17) is 0 Å². The minimum atomic E-state index is -0.652. The standard InChI is InChI=1S/C26H56P/c1-5-9-13-15-17-19-21-25-27(23-11-7-3,24-12-8-4)26-22-20-18-16-14-10-6-2/h5-26H2,1-4H3/q+1. The molecule has 0 bridgehead atoms. The third kappa shape index (κ3) is 17.0. The molecule has 0 aliphatic carbocycles. The first-order valence-corrected chi connectivity index (χ1v) is 15.6. The van der Waals surface area contributed by atoms with Crippen LogP contribution in [0.1, 0.15) is 143 Å². The second-order valence-corrected chi connectivity index (χ2v) is 13.7. The van der Waals surface area contributed by atoms with E-state index >= 15 is 0 Å². The molecule has 1 heteroatoms. The summed E-state index contributed by atoms with van der Waals surface area (Å²) in [4.78, 5) is 0. The molecular formula is C26H56P+. The van der Waals surface area contributed by atoms with E-state index in [1.165, 1.54) is 103 Å². The Morgan fingerprint density at radius 1 is 0.296 bits per heavy atom. The molecule has 0 radical (unpaired) electrons. The zero-order valence-electron chi connectivity index (χ0n) is 20.0. The largest absolute Gasteiger partial charge is 0.0654 e. The predicted molar refractivity (Wildman–Crippen MR) is 132 cm³/mol. The van der Waals surface area contributed by atoms with Gasteiger partial charge in [0.1, 0.15) is 0 Å². The average molecular weight is 400 g/mol.